The predicted molar refractivity (Wildman–Crippen MR) is 112 cm³/mol. The Morgan fingerprint density at radius 1 is 1.10 bits per heavy atom. The molecule has 0 unspecified atom stereocenters. The van der Waals surface area contributed by atoms with Crippen molar-refractivity contribution in [2.45, 2.75) is 32.7 Å². The van der Waals surface area contributed by atoms with Gasteiger partial charge in [-0.25, -0.2) is 9.37 Å². The molecule has 0 aliphatic rings. The highest BCUT2D eigenvalue weighted by atomic mass is 32.1. The third-order valence-electron chi connectivity index (χ3n) is 4.25. The standard InChI is InChI=1S/C22H22FN3O2S/c1-2-5-20(27)25-17-10-8-15(9-11-17)13-24-22(28)19-14-29-21(26-19)12-16-6-3-4-7-18(16)23/h3-4,6-11,14H,2,5,12-13H2,1H3,(H,24,28)(H,25,27). The highest BCUT2D eigenvalue weighted by Crippen LogP contribution is 2.17. The third-order valence-corrected chi connectivity index (χ3v) is 5.10. The van der Waals surface area contributed by atoms with E-state index in [0.29, 0.717) is 35.7 Å². The lowest BCUT2D eigenvalue weighted by Crippen LogP contribution is -2.23. The summed E-state index contributed by atoms with van der Waals surface area (Å²) in [4.78, 5) is 28.3. The number of halogens is 1. The van der Waals surface area contributed by atoms with Gasteiger partial charge in [-0.05, 0) is 35.7 Å². The van der Waals surface area contributed by atoms with Crippen molar-refractivity contribution in [1.82, 2.24) is 10.3 Å². The molecule has 150 valence electrons. The molecule has 0 fully saturated rings. The van der Waals surface area contributed by atoms with Crippen molar-refractivity contribution in [3.05, 3.63) is 81.6 Å². The number of hydrogen-bond donors (Lipinski definition) is 2. The Kier molecular flexibility index (Phi) is 7.08. The monoisotopic (exact) mass is 411 g/mol. The van der Waals surface area contributed by atoms with Crippen LogP contribution in [0, 0.1) is 5.82 Å². The Morgan fingerprint density at radius 2 is 1.86 bits per heavy atom. The molecular formula is C22H22FN3O2S. The van der Waals surface area contributed by atoms with Crippen LogP contribution in [0.15, 0.2) is 53.9 Å². The largest absolute Gasteiger partial charge is 0.347 e. The lowest BCUT2D eigenvalue weighted by atomic mass is 10.1. The van der Waals surface area contributed by atoms with Crippen molar-refractivity contribution >= 4 is 28.8 Å². The van der Waals surface area contributed by atoms with E-state index in [0.717, 1.165) is 17.7 Å². The lowest BCUT2D eigenvalue weighted by molar-refractivity contribution is -0.116. The fourth-order valence-electron chi connectivity index (χ4n) is 2.73. The summed E-state index contributed by atoms with van der Waals surface area (Å²) in [5.74, 6) is -0.562. The van der Waals surface area contributed by atoms with Crippen molar-refractivity contribution in [2.75, 3.05) is 5.32 Å². The van der Waals surface area contributed by atoms with E-state index >= 15 is 0 Å². The second-order valence-corrected chi connectivity index (χ2v) is 7.52. The van der Waals surface area contributed by atoms with E-state index in [1.165, 1.54) is 17.4 Å². The van der Waals surface area contributed by atoms with Gasteiger partial charge in [-0.15, -0.1) is 11.3 Å². The van der Waals surface area contributed by atoms with E-state index in [1.54, 1.807) is 23.6 Å². The summed E-state index contributed by atoms with van der Waals surface area (Å²) in [7, 11) is 0. The summed E-state index contributed by atoms with van der Waals surface area (Å²) >= 11 is 1.34. The maximum absolute atomic E-state index is 13.8. The van der Waals surface area contributed by atoms with Crippen LogP contribution in [0.2, 0.25) is 0 Å². The van der Waals surface area contributed by atoms with Gasteiger partial charge in [-0.1, -0.05) is 37.3 Å². The van der Waals surface area contributed by atoms with Crippen LogP contribution >= 0.6 is 11.3 Å². The molecule has 0 bridgehead atoms. The first-order valence-electron chi connectivity index (χ1n) is 9.40. The molecule has 3 rings (SSSR count). The lowest BCUT2D eigenvalue weighted by Gasteiger charge is -2.07. The summed E-state index contributed by atoms with van der Waals surface area (Å²) in [6, 6.07) is 13.9. The molecule has 0 radical (unpaired) electrons. The quantitative estimate of drug-likeness (QED) is 0.572. The molecule has 0 atom stereocenters. The fourth-order valence-corrected chi connectivity index (χ4v) is 3.53. The first-order chi connectivity index (χ1) is 14.0. The van der Waals surface area contributed by atoms with Gasteiger partial charge in [0.05, 0.1) is 5.01 Å². The number of rotatable bonds is 8. The Morgan fingerprint density at radius 3 is 2.59 bits per heavy atom. The number of carbonyl (C=O) groups excluding carboxylic acids is 2. The Labute approximate surface area is 173 Å². The Bertz CT molecular complexity index is 986. The van der Waals surface area contributed by atoms with Crippen molar-refractivity contribution in [3.63, 3.8) is 0 Å². The van der Waals surface area contributed by atoms with Gasteiger partial charge >= 0.3 is 0 Å². The number of hydrogen-bond acceptors (Lipinski definition) is 4. The number of nitrogens with one attached hydrogen (secondary N) is 2. The van der Waals surface area contributed by atoms with Crippen LogP contribution in [0.3, 0.4) is 0 Å². The zero-order valence-electron chi connectivity index (χ0n) is 16.1. The first-order valence-corrected chi connectivity index (χ1v) is 10.3. The minimum absolute atomic E-state index is 0.0109. The minimum atomic E-state index is -0.277. The highest BCUT2D eigenvalue weighted by Gasteiger charge is 2.12. The molecule has 1 aromatic heterocycles. The van der Waals surface area contributed by atoms with Gasteiger partial charge < -0.3 is 10.6 Å². The molecular weight excluding hydrogens is 389 g/mol. The molecule has 2 amide bonds. The van der Waals surface area contributed by atoms with Crippen LogP contribution in [0.4, 0.5) is 10.1 Å². The molecule has 0 saturated heterocycles. The molecule has 1 heterocycles. The number of nitrogens with zero attached hydrogens (tertiary/aromatic N) is 1. The third kappa shape index (κ3) is 5.96. The molecule has 0 saturated carbocycles. The summed E-state index contributed by atoms with van der Waals surface area (Å²) in [6.07, 6.45) is 1.65. The van der Waals surface area contributed by atoms with Crippen molar-refractivity contribution in [1.29, 1.82) is 0 Å². The number of aromatic nitrogens is 1. The van der Waals surface area contributed by atoms with E-state index in [2.05, 4.69) is 15.6 Å². The number of anilines is 1. The van der Waals surface area contributed by atoms with Gasteiger partial charge in [0.2, 0.25) is 5.91 Å². The first kappa shape index (κ1) is 20.7. The zero-order valence-corrected chi connectivity index (χ0v) is 16.9. The number of carbonyl (C=O) groups is 2. The Balaban J connectivity index is 1.52. The van der Waals surface area contributed by atoms with Gasteiger partial charge in [-0.3, -0.25) is 9.59 Å². The molecule has 7 heteroatoms. The van der Waals surface area contributed by atoms with Crippen LogP contribution in [-0.2, 0) is 17.8 Å². The van der Waals surface area contributed by atoms with Gasteiger partial charge in [0, 0.05) is 30.5 Å². The Hall–Kier alpha value is -3.06. The van der Waals surface area contributed by atoms with E-state index in [9.17, 15) is 14.0 Å². The van der Waals surface area contributed by atoms with E-state index in [4.69, 9.17) is 0 Å². The summed E-state index contributed by atoms with van der Waals surface area (Å²) in [5.41, 5.74) is 2.52. The topological polar surface area (TPSA) is 71.1 Å². The van der Waals surface area contributed by atoms with E-state index < -0.39 is 0 Å². The molecule has 0 aliphatic heterocycles. The van der Waals surface area contributed by atoms with Crippen molar-refractivity contribution in [3.8, 4) is 0 Å². The molecule has 2 N–H and O–H groups in total. The van der Waals surface area contributed by atoms with E-state index in [1.807, 2.05) is 31.2 Å². The van der Waals surface area contributed by atoms with E-state index in [-0.39, 0.29) is 17.6 Å². The molecule has 0 spiro atoms. The highest BCUT2D eigenvalue weighted by molar-refractivity contribution is 7.09. The SMILES string of the molecule is CCCC(=O)Nc1ccc(CNC(=O)c2csc(Cc3ccccc3F)n2)cc1. The average Bonchev–Trinajstić information content (AvgIpc) is 3.18. The van der Waals surface area contributed by atoms with Crippen molar-refractivity contribution < 1.29 is 14.0 Å². The second-order valence-electron chi connectivity index (χ2n) is 6.57. The zero-order chi connectivity index (χ0) is 20.6. The van der Waals surface area contributed by atoms with Gasteiger partial charge in [0.25, 0.3) is 5.91 Å². The van der Waals surface area contributed by atoms with Crippen LogP contribution in [0.25, 0.3) is 0 Å². The molecule has 29 heavy (non-hydrogen) atoms. The average molecular weight is 412 g/mol. The van der Waals surface area contributed by atoms with Crippen LogP contribution in [-0.4, -0.2) is 16.8 Å². The van der Waals surface area contributed by atoms with Crippen molar-refractivity contribution in [2.24, 2.45) is 0 Å². The number of benzene rings is 2. The van der Waals surface area contributed by atoms with Crippen LogP contribution in [0.1, 0.15) is 46.4 Å². The van der Waals surface area contributed by atoms with Crippen LogP contribution in [0.5, 0.6) is 0 Å². The predicted octanol–water partition coefficient (Wildman–Crippen LogP) is 4.54. The molecule has 2 aromatic carbocycles. The number of thiazole rings is 1. The van der Waals surface area contributed by atoms with Gasteiger partial charge in [0.1, 0.15) is 11.5 Å². The fraction of sp³-hybridized carbons (Fsp3) is 0.227. The molecule has 5 nitrogen and oxygen atoms in total. The summed E-state index contributed by atoms with van der Waals surface area (Å²) in [5, 5.41) is 8.02. The smallest absolute Gasteiger partial charge is 0.271 e. The molecule has 3 aromatic rings. The van der Waals surface area contributed by atoms with Gasteiger partial charge in [-0.2, -0.15) is 0 Å². The molecule has 0 aliphatic carbocycles. The maximum Gasteiger partial charge on any atom is 0.271 e. The van der Waals surface area contributed by atoms with Crippen LogP contribution < -0.4 is 10.6 Å². The maximum atomic E-state index is 13.8. The minimum Gasteiger partial charge on any atom is -0.347 e. The second kappa shape index (κ2) is 9.93. The normalized spacial score (nSPS) is 10.6. The number of amides is 2. The van der Waals surface area contributed by atoms with Gasteiger partial charge in [0.15, 0.2) is 0 Å². The summed E-state index contributed by atoms with van der Waals surface area (Å²) < 4.78 is 13.8. The summed E-state index contributed by atoms with van der Waals surface area (Å²) in [6.45, 7) is 2.30.